The number of para-hydroxylation sites is 2. The summed E-state index contributed by atoms with van der Waals surface area (Å²) in [6.07, 6.45) is 6.70. The standard InChI is InChI=1S/C26H22N4/c1-17-15-25(18(2)26(16-17)30-24-14-8-5-11-21(24)27-28-30)29-22-12-6-3-9-19(22)20-10-4-7-13-23(20)29/h3-6,8-12,14-16H,7,13H2,1-2H3. The van der Waals surface area contributed by atoms with Gasteiger partial charge >= 0.3 is 0 Å². The monoisotopic (exact) mass is 390 g/mol. The average Bonchev–Trinajstić information content (AvgIpc) is 3.35. The molecule has 0 spiro atoms. The fraction of sp³-hybridized carbons (Fsp3) is 0.154. The predicted octanol–water partition coefficient (Wildman–Crippen LogP) is 5.94. The van der Waals surface area contributed by atoms with E-state index in [4.69, 9.17) is 0 Å². The van der Waals surface area contributed by atoms with Crippen molar-refractivity contribution in [3.8, 4) is 11.4 Å². The summed E-state index contributed by atoms with van der Waals surface area (Å²) in [5.74, 6) is 0. The molecule has 0 aliphatic heterocycles. The van der Waals surface area contributed by atoms with Gasteiger partial charge in [0.15, 0.2) is 0 Å². The first-order valence-electron chi connectivity index (χ1n) is 10.4. The van der Waals surface area contributed by atoms with Gasteiger partial charge in [0.2, 0.25) is 0 Å². The van der Waals surface area contributed by atoms with Gasteiger partial charge in [-0.25, -0.2) is 4.68 Å². The van der Waals surface area contributed by atoms with Crippen LogP contribution in [0, 0.1) is 13.8 Å². The topological polar surface area (TPSA) is 35.6 Å². The summed E-state index contributed by atoms with van der Waals surface area (Å²) in [5.41, 5.74) is 10.7. The molecule has 2 heterocycles. The number of fused-ring (bicyclic) bond motifs is 4. The van der Waals surface area contributed by atoms with Crippen molar-refractivity contribution in [3.63, 3.8) is 0 Å². The predicted molar refractivity (Wildman–Crippen MR) is 123 cm³/mol. The summed E-state index contributed by atoms with van der Waals surface area (Å²) < 4.78 is 4.43. The van der Waals surface area contributed by atoms with E-state index in [0.717, 1.165) is 29.6 Å². The first kappa shape index (κ1) is 17.2. The molecular weight excluding hydrogens is 368 g/mol. The highest BCUT2D eigenvalue weighted by molar-refractivity contribution is 5.93. The molecule has 0 saturated heterocycles. The van der Waals surface area contributed by atoms with Gasteiger partial charge in [-0.05, 0) is 68.1 Å². The molecule has 0 saturated carbocycles. The third-order valence-corrected chi connectivity index (χ3v) is 6.17. The highest BCUT2D eigenvalue weighted by atomic mass is 15.4. The van der Waals surface area contributed by atoms with E-state index in [2.05, 4.69) is 83.3 Å². The minimum absolute atomic E-state index is 0.911. The summed E-state index contributed by atoms with van der Waals surface area (Å²) in [7, 11) is 0. The Labute approximate surface area is 175 Å². The van der Waals surface area contributed by atoms with Crippen molar-refractivity contribution in [1.29, 1.82) is 0 Å². The lowest BCUT2D eigenvalue weighted by atomic mass is 10.0. The van der Waals surface area contributed by atoms with Gasteiger partial charge in [-0.3, -0.25) is 0 Å². The maximum absolute atomic E-state index is 4.49. The van der Waals surface area contributed by atoms with Crippen molar-refractivity contribution in [2.75, 3.05) is 0 Å². The molecular formula is C26H22N4. The number of rotatable bonds is 2. The largest absolute Gasteiger partial charge is 0.313 e. The van der Waals surface area contributed by atoms with Crippen LogP contribution in [0.1, 0.15) is 28.8 Å². The van der Waals surface area contributed by atoms with Crippen LogP contribution in [0.5, 0.6) is 0 Å². The van der Waals surface area contributed by atoms with Gasteiger partial charge in [-0.1, -0.05) is 47.7 Å². The van der Waals surface area contributed by atoms with Gasteiger partial charge in [0.25, 0.3) is 0 Å². The number of nitrogens with zero attached hydrogens (tertiary/aromatic N) is 4. The van der Waals surface area contributed by atoms with Gasteiger partial charge in [-0.2, -0.15) is 0 Å². The van der Waals surface area contributed by atoms with E-state index in [1.54, 1.807) is 0 Å². The van der Waals surface area contributed by atoms with Crippen molar-refractivity contribution >= 4 is 28.0 Å². The zero-order valence-corrected chi connectivity index (χ0v) is 17.1. The van der Waals surface area contributed by atoms with E-state index in [-0.39, 0.29) is 0 Å². The number of benzene rings is 3. The van der Waals surface area contributed by atoms with Crippen molar-refractivity contribution in [2.24, 2.45) is 0 Å². The molecule has 0 fully saturated rings. The molecule has 1 aliphatic rings. The lowest BCUT2D eigenvalue weighted by Crippen LogP contribution is -2.08. The van der Waals surface area contributed by atoms with E-state index in [9.17, 15) is 0 Å². The van der Waals surface area contributed by atoms with Gasteiger partial charge < -0.3 is 4.57 Å². The molecule has 2 aromatic heterocycles. The minimum Gasteiger partial charge on any atom is -0.313 e. The third kappa shape index (κ3) is 2.40. The number of aromatic nitrogens is 4. The average molecular weight is 390 g/mol. The minimum atomic E-state index is 0.911. The van der Waals surface area contributed by atoms with E-state index in [1.165, 1.54) is 39.0 Å². The number of allylic oxidation sites excluding steroid dienone is 1. The Balaban J connectivity index is 1.68. The fourth-order valence-electron chi connectivity index (χ4n) is 4.77. The maximum atomic E-state index is 4.49. The van der Waals surface area contributed by atoms with Crippen molar-refractivity contribution in [3.05, 3.63) is 89.1 Å². The second-order valence-corrected chi connectivity index (χ2v) is 8.07. The lowest BCUT2D eigenvalue weighted by Gasteiger charge is -2.19. The molecule has 0 bridgehead atoms. The second-order valence-electron chi connectivity index (χ2n) is 8.07. The quantitative estimate of drug-likeness (QED) is 0.374. The summed E-state index contributed by atoms with van der Waals surface area (Å²) in [6.45, 7) is 4.35. The van der Waals surface area contributed by atoms with Gasteiger partial charge in [0.1, 0.15) is 5.52 Å². The molecule has 0 amide bonds. The molecule has 3 aromatic carbocycles. The fourth-order valence-corrected chi connectivity index (χ4v) is 4.77. The summed E-state index contributed by atoms with van der Waals surface area (Å²) in [4.78, 5) is 0. The zero-order chi connectivity index (χ0) is 20.2. The van der Waals surface area contributed by atoms with E-state index >= 15 is 0 Å². The lowest BCUT2D eigenvalue weighted by molar-refractivity contribution is 0.813. The number of aryl methyl sites for hydroxylation is 1. The first-order valence-corrected chi connectivity index (χ1v) is 10.4. The zero-order valence-electron chi connectivity index (χ0n) is 17.1. The van der Waals surface area contributed by atoms with Crippen LogP contribution in [0.15, 0.2) is 66.7 Å². The van der Waals surface area contributed by atoms with Crippen LogP contribution in [0.25, 0.3) is 39.4 Å². The third-order valence-electron chi connectivity index (χ3n) is 6.17. The van der Waals surface area contributed by atoms with Crippen LogP contribution < -0.4 is 0 Å². The molecule has 0 N–H and O–H groups in total. The van der Waals surface area contributed by atoms with Crippen LogP contribution in [0.4, 0.5) is 0 Å². The van der Waals surface area contributed by atoms with Gasteiger partial charge in [-0.15, -0.1) is 5.10 Å². The molecule has 4 nitrogen and oxygen atoms in total. The molecule has 6 rings (SSSR count). The highest BCUT2D eigenvalue weighted by Gasteiger charge is 2.21. The SMILES string of the molecule is Cc1cc(-n2nnc3ccccc32)c(C)c(-n2c3c(c4ccccc42)C=CCC3)c1. The molecule has 4 heteroatoms. The van der Waals surface area contributed by atoms with E-state index in [0.29, 0.717) is 0 Å². The molecule has 30 heavy (non-hydrogen) atoms. The molecule has 1 aliphatic carbocycles. The van der Waals surface area contributed by atoms with Crippen LogP contribution in [-0.2, 0) is 6.42 Å². The Morgan fingerprint density at radius 1 is 0.867 bits per heavy atom. The number of hydrogen-bond acceptors (Lipinski definition) is 2. The summed E-state index contributed by atoms with van der Waals surface area (Å²) in [5, 5.41) is 10.2. The molecule has 146 valence electrons. The van der Waals surface area contributed by atoms with Crippen LogP contribution in [-0.4, -0.2) is 19.6 Å². The Hall–Kier alpha value is -3.66. The van der Waals surface area contributed by atoms with Crippen molar-refractivity contribution in [1.82, 2.24) is 19.6 Å². The highest BCUT2D eigenvalue weighted by Crippen LogP contribution is 2.36. The smallest absolute Gasteiger partial charge is 0.113 e. The Bertz CT molecular complexity index is 1470. The molecule has 0 radical (unpaired) electrons. The summed E-state index contributed by atoms with van der Waals surface area (Å²) in [6, 6.07) is 21.3. The van der Waals surface area contributed by atoms with Crippen LogP contribution in [0.3, 0.4) is 0 Å². The molecule has 0 unspecified atom stereocenters. The van der Waals surface area contributed by atoms with E-state index in [1.807, 2.05) is 22.9 Å². The van der Waals surface area contributed by atoms with Crippen LogP contribution >= 0.6 is 0 Å². The van der Waals surface area contributed by atoms with Crippen molar-refractivity contribution in [2.45, 2.75) is 26.7 Å². The van der Waals surface area contributed by atoms with E-state index < -0.39 is 0 Å². The molecule has 0 atom stereocenters. The van der Waals surface area contributed by atoms with Crippen LogP contribution in [0.2, 0.25) is 0 Å². The first-order chi connectivity index (χ1) is 14.7. The Morgan fingerprint density at radius 3 is 2.53 bits per heavy atom. The van der Waals surface area contributed by atoms with Crippen molar-refractivity contribution < 1.29 is 0 Å². The van der Waals surface area contributed by atoms with Gasteiger partial charge in [0, 0.05) is 16.6 Å². The Morgan fingerprint density at radius 2 is 1.63 bits per heavy atom. The number of hydrogen-bond donors (Lipinski definition) is 0. The molecule has 5 aromatic rings. The summed E-state index contributed by atoms with van der Waals surface area (Å²) >= 11 is 0. The normalized spacial score (nSPS) is 13.3. The van der Waals surface area contributed by atoms with Gasteiger partial charge in [0.05, 0.1) is 22.4 Å². The second kappa shape index (κ2) is 6.42. The Kier molecular flexibility index (Phi) is 3.69. The maximum Gasteiger partial charge on any atom is 0.113 e.